The molecule has 0 saturated carbocycles. The molecule has 6 heteroatoms. The average molecular weight is 250 g/mol. The zero-order chi connectivity index (χ0) is 13.2. The standard InChI is InChI=1S/C11H10F4O2/c1-3-6-8(12)10(14)7(4-17-5(2)16)11(15)9(6)13/h3-4H2,1-2H3. The first-order valence-corrected chi connectivity index (χ1v) is 4.87. The maximum Gasteiger partial charge on any atom is 0.302 e. The number of esters is 1. The summed E-state index contributed by atoms with van der Waals surface area (Å²) in [5, 5.41) is 0. The zero-order valence-corrected chi connectivity index (χ0v) is 9.24. The highest BCUT2D eigenvalue weighted by molar-refractivity contribution is 5.65. The molecule has 0 fully saturated rings. The van der Waals surface area contributed by atoms with Crippen LogP contribution in [0.25, 0.3) is 0 Å². The van der Waals surface area contributed by atoms with E-state index in [-0.39, 0.29) is 6.42 Å². The van der Waals surface area contributed by atoms with Gasteiger partial charge in [-0.25, -0.2) is 17.6 Å². The molecule has 0 unspecified atom stereocenters. The van der Waals surface area contributed by atoms with Crippen LogP contribution in [0.1, 0.15) is 25.0 Å². The lowest BCUT2D eigenvalue weighted by molar-refractivity contribution is -0.142. The van der Waals surface area contributed by atoms with Crippen LogP contribution in [-0.4, -0.2) is 5.97 Å². The molecule has 17 heavy (non-hydrogen) atoms. The van der Waals surface area contributed by atoms with Crippen LogP contribution in [0.2, 0.25) is 0 Å². The number of carbonyl (C=O) groups is 1. The molecule has 0 atom stereocenters. The highest BCUT2D eigenvalue weighted by Crippen LogP contribution is 2.25. The smallest absolute Gasteiger partial charge is 0.302 e. The molecular formula is C11H10F4O2. The van der Waals surface area contributed by atoms with Crippen molar-refractivity contribution in [3.63, 3.8) is 0 Å². The quantitative estimate of drug-likeness (QED) is 0.468. The minimum Gasteiger partial charge on any atom is -0.461 e. The third kappa shape index (κ3) is 2.57. The Morgan fingerprint density at radius 3 is 1.76 bits per heavy atom. The predicted octanol–water partition coefficient (Wildman–Crippen LogP) is 2.87. The van der Waals surface area contributed by atoms with Gasteiger partial charge in [0.15, 0.2) is 23.3 Å². The largest absolute Gasteiger partial charge is 0.461 e. The number of carbonyl (C=O) groups excluding carboxylic acids is 1. The molecule has 0 radical (unpaired) electrons. The Balaban J connectivity index is 3.27. The highest BCUT2D eigenvalue weighted by atomic mass is 19.2. The Morgan fingerprint density at radius 2 is 1.41 bits per heavy atom. The molecule has 0 saturated heterocycles. The molecule has 0 aliphatic rings. The first-order valence-electron chi connectivity index (χ1n) is 4.87. The SMILES string of the molecule is CCc1c(F)c(F)c(COC(C)=O)c(F)c1F. The van der Waals surface area contributed by atoms with Gasteiger partial charge in [-0.1, -0.05) is 6.92 Å². The number of benzene rings is 1. The normalized spacial score (nSPS) is 10.5. The molecule has 0 aliphatic heterocycles. The van der Waals surface area contributed by atoms with Gasteiger partial charge in [-0.2, -0.15) is 0 Å². The maximum atomic E-state index is 13.4. The second-order valence-corrected chi connectivity index (χ2v) is 3.35. The summed E-state index contributed by atoms with van der Waals surface area (Å²) in [6.45, 7) is 1.54. The summed E-state index contributed by atoms with van der Waals surface area (Å²) >= 11 is 0. The molecule has 2 nitrogen and oxygen atoms in total. The third-order valence-corrected chi connectivity index (χ3v) is 2.22. The van der Waals surface area contributed by atoms with E-state index < -0.39 is 47.0 Å². The Kier molecular flexibility index (Phi) is 4.09. The molecule has 1 aromatic carbocycles. The molecule has 0 N–H and O–H groups in total. The molecule has 1 rings (SSSR count). The van der Waals surface area contributed by atoms with Crippen LogP contribution in [0.15, 0.2) is 0 Å². The number of hydrogen-bond acceptors (Lipinski definition) is 2. The van der Waals surface area contributed by atoms with Gasteiger partial charge in [0.25, 0.3) is 0 Å². The molecule has 1 aromatic rings. The molecule has 94 valence electrons. The van der Waals surface area contributed by atoms with Crippen LogP contribution >= 0.6 is 0 Å². The molecule has 0 heterocycles. The van der Waals surface area contributed by atoms with Crippen molar-refractivity contribution in [2.24, 2.45) is 0 Å². The van der Waals surface area contributed by atoms with Gasteiger partial charge in [0.2, 0.25) is 0 Å². The molecule has 0 bridgehead atoms. The van der Waals surface area contributed by atoms with Gasteiger partial charge in [0, 0.05) is 12.5 Å². The van der Waals surface area contributed by atoms with E-state index in [1.807, 2.05) is 0 Å². The zero-order valence-electron chi connectivity index (χ0n) is 9.24. The fourth-order valence-corrected chi connectivity index (χ4v) is 1.33. The summed E-state index contributed by atoms with van der Waals surface area (Å²) in [5.41, 5.74) is -1.58. The maximum absolute atomic E-state index is 13.4. The van der Waals surface area contributed by atoms with E-state index in [9.17, 15) is 22.4 Å². The molecule has 0 spiro atoms. The van der Waals surface area contributed by atoms with E-state index in [0.717, 1.165) is 6.92 Å². The average Bonchev–Trinajstić information content (AvgIpc) is 2.27. The fraction of sp³-hybridized carbons (Fsp3) is 0.364. The molecule has 0 aromatic heterocycles. The van der Waals surface area contributed by atoms with Crippen LogP contribution in [0.4, 0.5) is 17.6 Å². The van der Waals surface area contributed by atoms with Crippen molar-refractivity contribution >= 4 is 5.97 Å². The van der Waals surface area contributed by atoms with Gasteiger partial charge in [-0.3, -0.25) is 4.79 Å². The second-order valence-electron chi connectivity index (χ2n) is 3.35. The van der Waals surface area contributed by atoms with Crippen molar-refractivity contribution in [1.29, 1.82) is 0 Å². The Hall–Kier alpha value is -1.59. The van der Waals surface area contributed by atoms with Gasteiger partial charge in [-0.15, -0.1) is 0 Å². The van der Waals surface area contributed by atoms with E-state index in [2.05, 4.69) is 4.74 Å². The summed E-state index contributed by atoms with van der Waals surface area (Å²) in [4.78, 5) is 10.5. The van der Waals surface area contributed by atoms with Crippen molar-refractivity contribution in [2.45, 2.75) is 26.9 Å². The monoisotopic (exact) mass is 250 g/mol. The number of halogens is 4. The van der Waals surface area contributed by atoms with Crippen molar-refractivity contribution in [3.8, 4) is 0 Å². The van der Waals surface area contributed by atoms with E-state index in [1.54, 1.807) is 0 Å². The van der Waals surface area contributed by atoms with Crippen molar-refractivity contribution < 1.29 is 27.1 Å². The van der Waals surface area contributed by atoms with Crippen LogP contribution in [-0.2, 0) is 22.6 Å². The van der Waals surface area contributed by atoms with Gasteiger partial charge >= 0.3 is 5.97 Å². The summed E-state index contributed by atoms with van der Waals surface area (Å²) in [6.07, 6.45) is -0.181. The number of ether oxygens (including phenoxy) is 1. The van der Waals surface area contributed by atoms with Crippen LogP contribution < -0.4 is 0 Å². The van der Waals surface area contributed by atoms with Crippen LogP contribution in [0.3, 0.4) is 0 Å². The van der Waals surface area contributed by atoms with Gasteiger partial charge < -0.3 is 4.74 Å². The van der Waals surface area contributed by atoms with Crippen molar-refractivity contribution in [1.82, 2.24) is 0 Å². The lowest BCUT2D eigenvalue weighted by Crippen LogP contribution is -2.10. The summed E-state index contributed by atoms with van der Waals surface area (Å²) in [7, 11) is 0. The molecule has 0 aliphatic carbocycles. The van der Waals surface area contributed by atoms with E-state index in [1.165, 1.54) is 6.92 Å². The summed E-state index contributed by atoms with van der Waals surface area (Å²) < 4.78 is 57.7. The van der Waals surface area contributed by atoms with Crippen molar-refractivity contribution in [3.05, 3.63) is 34.4 Å². The Morgan fingerprint density at radius 1 is 1.00 bits per heavy atom. The fourth-order valence-electron chi connectivity index (χ4n) is 1.33. The topological polar surface area (TPSA) is 26.3 Å². The highest BCUT2D eigenvalue weighted by Gasteiger charge is 2.24. The second kappa shape index (κ2) is 5.16. The molecular weight excluding hydrogens is 240 g/mol. The minimum atomic E-state index is -1.53. The van der Waals surface area contributed by atoms with E-state index >= 15 is 0 Å². The Labute approximate surface area is 95.2 Å². The molecule has 0 amide bonds. The first kappa shape index (κ1) is 13.5. The van der Waals surface area contributed by atoms with E-state index in [0.29, 0.717) is 0 Å². The predicted molar refractivity (Wildman–Crippen MR) is 51.1 cm³/mol. The van der Waals surface area contributed by atoms with Gasteiger partial charge in [0.1, 0.15) is 6.61 Å². The summed E-state index contributed by atoms with van der Waals surface area (Å²) in [5.74, 6) is -6.75. The number of rotatable bonds is 3. The first-order chi connectivity index (χ1) is 7.90. The van der Waals surface area contributed by atoms with Gasteiger partial charge in [0.05, 0.1) is 5.56 Å². The van der Waals surface area contributed by atoms with Crippen molar-refractivity contribution in [2.75, 3.05) is 0 Å². The minimum absolute atomic E-state index is 0.181. The number of hydrogen-bond donors (Lipinski definition) is 0. The Bertz CT molecular complexity index is 428. The van der Waals surface area contributed by atoms with Crippen LogP contribution in [0, 0.1) is 23.3 Å². The van der Waals surface area contributed by atoms with E-state index in [4.69, 9.17) is 0 Å². The third-order valence-electron chi connectivity index (χ3n) is 2.22. The lowest BCUT2D eigenvalue weighted by Gasteiger charge is -2.10. The lowest BCUT2D eigenvalue weighted by atomic mass is 10.1. The van der Waals surface area contributed by atoms with Gasteiger partial charge in [-0.05, 0) is 6.42 Å². The van der Waals surface area contributed by atoms with Crippen LogP contribution in [0.5, 0.6) is 0 Å². The summed E-state index contributed by atoms with van der Waals surface area (Å²) in [6, 6.07) is 0.